The van der Waals surface area contributed by atoms with E-state index in [0.717, 1.165) is 20.5 Å². The molecule has 0 radical (unpaired) electrons. The number of carbonyl (C=O) groups excluding carboxylic acids is 1. The lowest BCUT2D eigenvalue weighted by Crippen LogP contribution is -2.26. The number of rotatable bonds is 5. The molecule has 1 heterocycles. The van der Waals surface area contributed by atoms with Gasteiger partial charge in [0.2, 0.25) is 15.2 Å². The van der Waals surface area contributed by atoms with Gasteiger partial charge in [0.25, 0.3) is 5.91 Å². The molecule has 0 aliphatic heterocycles. The number of nitrogens with zero attached hydrogens (tertiary/aromatic N) is 3. The Hall–Kier alpha value is -1.65. The normalized spacial score (nSPS) is 11.3. The molecule has 0 aliphatic rings. The number of hydrogen-bond donors (Lipinski definition) is 1. The number of sulfonamides is 1. The SMILES string of the molecule is CSc1nnc(NC(=O)c2ccc(C)c(N(C)S(C)(=O)=O)c2)s1. The summed E-state index contributed by atoms with van der Waals surface area (Å²) >= 11 is 2.72. The number of hydrogen-bond acceptors (Lipinski definition) is 7. The number of amides is 1. The van der Waals surface area contributed by atoms with Crippen molar-refractivity contribution in [2.75, 3.05) is 29.2 Å². The van der Waals surface area contributed by atoms with Gasteiger partial charge >= 0.3 is 0 Å². The summed E-state index contributed by atoms with van der Waals surface area (Å²) in [6, 6.07) is 4.89. The van der Waals surface area contributed by atoms with Gasteiger partial charge in [-0.1, -0.05) is 29.2 Å². The van der Waals surface area contributed by atoms with Crippen LogP contribution in [0.15, 0.2) is 22.5 Å². The molecule has 1 N–H and O–H groups in total. The average molecular weight is 372 g/mol. The molecule has 10 heteroatoms. The maximum absolute atomic E-state index is 12.3. The zero-order valence-electron chi connectivity index (χ0n) is 13.0. The molecule has 2 rings (SSSR count). The summed E-state index contributed by atoms with van der Waals surface area (Å²) in [5, 5.41) is 10.8. The number of aryl methyl sites for hydroxylation is 1. The Kier molecular flexibility index (Phi) is 5.27. The van der Waals surface area contributed by atoms with Crippen molar-refractivity contribution >= 4 is 49.8 Å². The van der Waals surface area contributed by atoms with Crippen molar-refractivity contribution in [3.63, 3.8) is 0 Å². The predicted molar refractivity (Wildman–Crippen MR) is 94.1 cm³/mol. The first kappa shape index (κ1) is 17.7. The van der Waals surface area contributed by atoms with Crippen LogP contribution >= 0.6 is 23.1 Å². The summed E-state index contributed by atoms with van der Waals surface area (Å²) in [7, 11) is -1.95. The van der Waals surface area contributed by atoms with Crippen LogP contribution in [0.25, 0.3) is 0 Å². The molecule has 1 aromatic heterocycles. The van der Waals surface area contributed by atoms with Crippen molar-refractivity contribution < 1.29 is 13.2 Å². The van der Waals surface area contributed by atoms with Gasteiger partial charge in [-0.15, -0.1) is 10.2 Å². The fourth-order valence-electron chi connectivity index (χ4n) is 1.78. The minimum absolute atomic E-state index is 0.349. The number of aromatic nitrogens is 2. The topological polar surface area (TPSA) is 92.3 Å². The van der Waals surface area contributed by atoms with Crippen molar-refractivity contribution in [3.8, 4) is 0 Å². The summed E-state index contributed by atoms with van der Waals surface area (Å²) in [5.74, 6) is -0.364. The monoisotopic (exact) mass is 372 g/mol. The van der Waals surface area contributed by atoms with E-state index in [9.17, 15) is 13.2 Å². The van der Waals surface area contributed by atoms with E-state index >= 15 is 0 Å². The van der Waals surface area contributed by atoms with Crippen LogP contribution in [-0.2, 0) is 10.0 Å². The van der Waals surface area contributed by atoms with Crippen molar-refractivity contribution in [1.82, 2.24) is 10.2 Å². The number of anilines is 2. The lowest BCUT2D eigenvalue weighted by atomic mass is 10.1. The maximum atomic E-state index is 12.3. The van der Waals surface area contributed by atoms with Gasteiger partial charge in [-0.05, 0) is 30.9 Å². The first-order valence-corrected chi connectivity index (χ1v) is 10.3. The van der Waals surface area contributed by atoms with E-state index in [1.165, 1.54) is 30.1 Å². The van der Waals surface area contributed by atoms with Gasteiger partial charge in [0.1, 0.15) is 0 Å². The largest absolute Gasteiger partial charge is 0.296 e. The van der Waals surface area contributed by atoms with Crippen LogP contribution < -0.4 is 9.62 Å². The predicted octanol–water partition coefficient (Wildman–Crippen LogP) is 2.22. The molecule has 0 saturated heterocycles. The first-order chi connectivity index (χ1) is 10.7. The van der Waals surface area contributed by atoms with E-state index in [1.807, 2.05) is 6.26 Å². The molecule has 0 saturated carbocycles. The molecular weight excluding hydrogens is 356 g/mol. The highest BCUT2D eigenvalue weighted by Crippen LogP contribution is 2.25. The van der Waals surface area contributed by atoms with Gasteiger partial charge in [-0.25, -0.2) is 8.42 Å². The second-order valence-electron chi connectivity index (χ2n) is 4.76. The van der Waals surface area contributed by atoms with Crippen molar-refractivity contribution in [2.24, 2.45) is 0 Å². The summed E-state index contributed by atoms with van der Waals surface area (Å²) in [5.41, 5.74) is 1.57. The lowest BCUT2D eigenvalue weighted by Gasteiger charge is -2.19. The van der Waals surface area contributed by atoms with Gasteiger partial charge in [-0.2, -0.15) is 0 Å². The Labute approximate surface area is 143 Å². The molecule has 0 aliphatic carbocycles. The smallest absolute Gasteiger partial charge is 0.257 e. The number of nitrogens with one attached hydrogen (secondary N) is 1. The van der Waals surface area contributed by atoms with Crippen LogP contribution in [0.3, 0.4) is 0 Å². The standard InChI is InChI=1S/C13H16N4O3S3/c1-8-5-6-9(7-10(8)17(2)23(4,19)20)11(18)14-12-15-16-13(21-3)22-12/h5-7H,1-4H3,(H,14,15,18). The van der Waals surface area contributed by atoms with Crippen LogP contribution in [0.1, 0.15) is 15.9 Å². The molecule has 0 bridgehead atoms. The van der Waals surface area contributed by atoms with Crippen LogP contribution in [0.2, 0.25) is 0 Å². The molecule has 0 unspecified atom stereocenters. The Bertz CT molecular complexity index is 833. The molecule has 1 aromatic carbocycles. The van der Waals surface area contributed by atoms with Crippen LogP contribution in [0.4, 0.5) is 10.8 Å². The minimum Gasteiger partial charge on any atom is -0.296 e. The molecule has 7 nitrogen and oxygen atoms in total. The van der Waals surface area contributed by atoms with Crippen LogP contribution in [-0.4, -0.2) is 44.1 Å². The van der Waals surface area contributed by atoms with Crippen LogP contribution in [0, 0.1) is 6.92 Å². The lowest BCUT2D eigenvalue weighted by molar-refractivity contribution is 0.102. The number of benzene rings is 1. The highest BCUT2D eigenvalue weighted by Gasteiger charge is 2.17. The van der Waals surface area contributed by atoms with E-state index < -0.39 is 10.0 Å². The van der Waals surface area contributed by atoms with Gasteiger partial charge in [0.05, 0.1) is 11.9 Å². The Balaban J connectivity index is 2.27. The maximum Gasteiger partial charge on any atom is 0.257 e. The second-order valence-corrected chi connectivity index (χ2v) is 8.81. The van der Waals surface area contributed by atoms with E-state index in [0.29, 0.717) is 16.4 Å². The quantitative estimate of drug-likeness (QED) is 0.639. The van der Waals surface area contributed by atoms with Gasteiger partial charge in [-0.3, -0.25) is 14.4 Å². The molecule has 2 aromatic rings. The number of thioether (sulfide) groups is 1. The first-order valence-electron chi connectivity index (χ1n) is 6.45. The van der Waals surface area contributed by atoms with Gasteiger partial charge in [0.15, 0.2) is 4.34 Å². The molecule has 1 amide bonds. The number of carbonyl (C=O) groups is 1. The molecular formula is C13H16N4O3S3. The highest BCUT2D eigenvalue weighted by molar-refractivity contribution is 8.00. The fourth-order valence-corrected chi connectivity index (χ4v) is 3.50. The third-order valence-electron chi connectivity index (χ3n) is 3.11. The Morgan fingerprint density at radius 1 is 1.35 bits per heavy atom. The Morgan fingerprint density at radius 3 is 2.61 bits per heavy atom. The fraction of sp³-hybridized carbons (Fsp3) is 0.308. The van der Waals surface area contributed by atoms with E-state index in [1.54, 1.807) is 25.1 Å². The molecule has 0 atom stereocenters. The highest BCUT2D eigenvalue weighted by atomic mass is 32.2. The summed E-state index contributed by atoms with van der Waals surface area (Å²) in [4.78, 5) is 12.3. The third kappa shape index (κ3) is 4.21. The zero-order valence-corrected chi connectivity index (χ0v) is 15.5. The molecule has 124 valence electrons. The summed E-state index contributed by atoms with van der Waals surface area (Å²) in [6.07, 6.45) is 2.99. The summed E-state index contributed by atoms with van der Waals surface area (Å²) < 4.78 is 25.3. The summed E-state index contributed by atoms with van der Waals surface area (Å²) in [6.45, 7) is 1.79. The van der Waals surface area contributed by atoms with Crippen LogP contribution in [0.5, 0.6) is 0 Å². The molecule has 23 heavy (non-hydrogen) atoms. The molecule has 0 fully saturated rings. The second kappa shape index (κ2) is 6.85. The van der Waals surface area contributed by atoms with E-state index in [-0.39, 0.29) is 5.91 Å². The van der Waals surface area contributed by atoms with Crippen molar-refractivity contribution in [3.05, 3.63) is 29.3 Å². The third-order valence-corrected chi connectivity index (χ3v) is 6.12. The van der Waals surface area contributed by atoms with Gasteiger partial charge in [0, 0.05) is 12.6 Å². The minimum atomic E-state index is -3.40. The van der Waals surface area contributed by atoms with Crippen molar-refractivity contribution in [2.45, 2.75) is 11.3 Å². The zero-order chi connectivity index (χ0) is 17.2. The van der Waals surface area contributed by atoms with E-state index in [2.05, 4.69) is 15.5 Å². The molecule has 0 spiro atoms. The van der Waals surface area contributed by atoms with Gasteiger partial charge < -0.3 is 0 Å². The van der Waals surface area contributed by atoms with E-state index in [4.69, 9.17) is 0 Å². The average Bonchev–Trinajstić information content (AvgIpc) is 2.93. The van der Waals surface area contributed by atoms with Crippen molar-refractivity contribution in [1.29, 1.82) is 0 Å². The Morgan fingerprint density at radius 2 is 2.04 bits per heavy atom.